The van der Waals surface area contributed by atoms with Gasteiger partial charge in [-0.1, -0.05) is 24.3 Å². The summed E-state index contributed by atoms with van der Waals surface area (Å²) in [6, 6.07) is 10.8. The van der Waals surface area contributed by atoms with Gasteiger partial charge in [-0.2, -0.15) is 5.26 Å². The molecule has 82 valence electrons. The molecule has 16 heavy (non-hydrogen) atoms. The van der Waals surface area contributed by atoms with Crippen molar-refractivity contribution in [1.82, 2.24) is 0 Å². The maximum Gasteiger partial charge on any atom is 0.338 e. The fraction of sp³-hybridized carbons (Fsp3) is 0.231. The van der Waals surface area contributed by atoms with Gasteiger partial charge in [0.25, 0.3) is 0 Å². The topological polar surface area (TPSA) is 50.1 Å². The first-order chi connectivity index (χ1) is 7.84. The Morgan fingerprint density at radius 3 is 2.81 bits per heavy atom. The smallest absolute Gasteiger partial charge is 0.338 e. The monoisotopic (exact) mass is 215 g/mol. The molecular formula is C13H13NO2. The second kappa shape index (κ2) is 7.24. The Labute approximate surface area is 95.0 Å². The fourth-order valence-electron chi connectivity index (χ4n) is 1.16. The molecule has 0 saturated carbocycles. The van der Waals surface area contributed by atoms with Gasteiger partial charge in [-0.3, -0.25) is 0 Å². The maximum atomic E-state index is 11.4. The molecule has 0 heterocycles. The lowest BCUT2D eigenvalue weighted by Crippen LogP contribution is -2.05. The first-order valence-corrected chi connectivity index (χ1v) is 5.11. The molecule has 0 unspecified atom stereocenters. The lowest BCUT2D eigenvalue weighted by atomic mass is 10.2. The minimum Gasteiger partial charge on any atom is -0.462 e. The molecule has 1 rings (SSSR count). The molecule has 0 aromatic heterocycles. The normalized spacial score (nSPS) is 9.94. The van der Waals surface area contributed by atoms with E-state index in [0.29, 0.717) is 12.2 Å². The zero-order valence-electron chi connectivity index (χ0n) is 8.93. The van der Waals surface area contributed by atoms with Gasteiger partial charge in [0, 0.05) is 6.08 Å². The van der Waals surface area contributed by atoms with Crippen molar-refractivity contribution in [2.45, 2.75) is 12.8 Å². The Bertz CT molecular complexity index is 390. The summed E-state index contributed by atoms with van der Waals surface area (Å²) in [6.07, 6.45) is 4.67. The van der Waals surface area contributed by atoms with Crippen molar-refractivity contribution < 1.29 is 9.53 Å². The third kappa shape index (κ3) is 4.43. The number of unbranched alkanes of at least 4 members (excludes halogenated alkanes) is 1. The van der Waals surface area contributed by atoms with Crippen LogP contribution in [0, 0.1) is 11.3 Å². The maximum absolute atomic E-state index is 11.4. The number of carbonyl (C=O) groups excluding carboxylic acids is 1. The second-order valence-corrected chi connectivity index (χ2v) is 3.18. The highest BCUT2D eigenvalue weighted by Crippen LogP contribution is 2.02. The minimum atomic E-state index is -0.301. The van der Waals surface area contributed by atoms with E-state index in [1.54, 1.807) is 30.3 Å². The largest absolute Gasteiger partial charge is 0.462 e. The number of carbonyl (C=O) groups is 1. The van der Waals surface area contributed by atoms with Crippen LogP contribution in [0.3, 0.4) is 0 Å². The van der Waals surface area contributed by atoms with Crippen molar-refractivity contribution in [3.05, 3.63) is 48.0 Å². The van der Waals surface area contributed by atoms with E-state index in [1.165, 1.54) is 6.08 Å². The van der Waals surface area contributed by atoms with E-state index in [1.807, 2.05) is 12.1 Å². The van der Waals surface area contributed by atoms with Crippen LogP contribution in [0.1, 0.15) is 23.2 Å². The lowest BCUT2D eigenvalue weighted by molar-refractivity contribution is 0.0501. The molecule has 0 aliphatic heterocycles. The van der Waals surface area contributed by atoms with E-state index in [4.69, 9.17) is 10.00 Å². The number of rotatable bonds is 5. The van der Waals surface area contributed by atoms with Crippen LogP contribution in [0.4, 0.5) is 0 Å². The molecule has 0 radical (unpaired) electrons. The van der Waals surface area contributed by atoms with Crippen molar-refractivity contribution in [3.8, 4) is 6.07 Å². The number of hydrogen-bond acceptors (Lipinski definition) is 3. The third-order valence-corrected chi connectivity index (χ3v) is 1.95. The molecule has 0 aliphatic rings. The first kappa shape index (κ1) is 12.0. The summed E-state index contributed by atoms with van der Waals surface area (Å²) >= 11 is 0. The summed E-state index contributed by atoms with van der Waals surface area (Å²) in [5.74, 6) is -0.301. The van der Waals surface area contributed by atoms with Gasteiger partial charge in [0.2, 0.25) is 0 Å². The van der Waals surface area contributed by atoms with E-state index in [9.17, 15) is 4.79 Å². The van der Waals surface area contributed by atoms with Crippen LogP contribution in [0.25, 0.3) is 0 Å². The molecule has 0 atom stereocenters. The number of hydrogen-bond donors (Lipinski definition) is 0. The molecule has 0 saturated heterocycles. The number of esters is 1. The van der Waals surface area contributed by atoms with Crippen LogP contribution < -0.4 is 0 Å². The lowest BCUT2D eigenvalue weighted by Gasteiger charge is -2.02. The number of benzene rings is 1. The Morgan fingerprint density at radius 2 is 2.12 bits per heavy atom. The SMILES string of the molecule is N#C/C=C\CCCOC(=O)c1ccccc1. The van der Waals surface area contributed by atoms with E-state index >= 15 is 0 Å². The summed E-state index contributed by atoms with van der Waals surface area (Å²) in [6.45, 7) is 0.378. The van der Waals surface area contributed by atoms with Gasteiger partial charge in [-0.15, -0.1) is 0 Å². The van der Waals surface area contributed by atoms with Crippen LogP contribution in [0.5, 0.6) is 0 Å². The number of nitriles is 1. The Morgan fingerprint density at radius 1 is 1.38 bits per heavy atom. The minimum absolute atomic E-state index is 0.301. The molecule has 0 bridgehead atoms. The quantitative estimate of drug-likeness (QED) is 0.431. The molecule has 3 heteroatoms. The van der Waals surface area contributed by atoms with Gasteiger partial charge in [0.15, 0.2) is 0 Å². The first-order valence-electron chi connectivity index (χ1n) is 5.11. The van der Waals surface area contributed by atoms with Crippen molar-refractivity contribution >= 4 is 5.97 Å². The van der Waals surface area contributed by atoms with Gasteiger partial charge in [0.1, 0.15) is 0 Å². The predicted molar refractivity (Wildman–Crippen MR) is 60.7 cm³/mol. The van der Waals surface area contributed by atoms with Crippen LogP contribution in [-0.2, 0) is 4.74 Å². The molecule has 0 amide bonds. The van der Waals surface area contributed by atoms with Crippen LogP contribution in [0.15, 0.2) is 42.5 Å². The zero-order chi connectivity index (χ0) is 11.6. The molecule has 0 N–H and O–H groups in total. The van der Waals surface area contributed by atoms with Gasteiger partial charge >= 0.3 is 5.97 Å². The third-order valence-electron chi connectivity index (χ3n) is 1.95. The van der Waals surface area contributed by atoms with E-state index in [0.717, 1.165) is 12.8 Å². The summed E-state index contributed by atoms with van der Waals surface area (Å²) in [5.41, 5.74) is 0.565. The molecule has 0 spiro atoms. The standard InChI is InChI=1S/C13H13NO2/c14-10-6-1-2-7-11-16-13(15)12-8-4-3-5-9-12/h1,3-6,8-9H,2,7,11H2/b6-1-. The van der Waals surface area contributed by atoms with Crippen molar-refractivity contribution in [2.75, 3.05) is 6.61 Å². The number of allylic oxidation sites excluding steroid dienone is 2. The van der Waals surface area contributed by atoms with Crippen molar-refractivity contribution in [3.63, 3.8) is 0 Å². The average Bonchev–Trinajstić information content (AvgIpc) is 2.34. The van der Waals surface area contributed by atoms with E-state index in [2.05, 4.69) is 0 Å². The van der Waals surface area contributed by atoms with Gasteiger partial charge < -0.3 is 4.74 Å². The van der Waals surface area contributed by atoms with Crippen molar-refractivity contribution in [2.24, 2.45) is 0 Å². The summed E-state index contributed by atoms with van der Waals surface area (Å²) in [4.78, 5) is 11.4. The van der Waals surface area contributed by atoms with Gasteiger partial charge in [0.05, 0.1) is 18.2 Å². The van der Waals surface area contributed by atoms with Crippen LogP contribution >= 0.6 is 0 Å². The van der Waals surface area contributed by atoms with Crippen molar-refractivity contribution in [1.29, 1.82) is 5.26 Å². The number of ether oxygens (including phenoxy) is 1. The summed E-state index contributed by atoms with van der Waals surface area (Å²) < 4.78 is 5.05. The Kier molecular flexibility index (Phi) is 5.43. The average molecular weight is 215 g/mol. The highest BCUT2D eigenvalue weighted by Gasteiger charge is 2.04. The Balaban J connectivity index is 2.22. The Hall–Kier alpha value is -2.08. The molecule has 0 aliphatic carbocycles. The molecular weight excluding hydrogens is 202 g/mol. The molecule has 0 fully saturated rings. The van der Waals surface area contributed by atoms with E-state index in [-0.39, 0.29) is 5.97 Å². The highest BCUT2D eigenvalue weighted by atomic mass is 16.5. The van der Waals surface area contributed by atoms with Gasteiger partial charge in [-0.25, -0.2) is 4.79 Å². The fourth-order valence-corrected chi connectivity index (χ4v) is 1.16. The van der Waals surface area contributed by atoms with E-state index < -0.39 is 0 Å². The number of nitrogens with zero attached hydrogens (tertiary/aromatic N) is 1. The van der Waals surface area contributed by atoms with Crippen LogP contribution in [0.2, 0.25) is 0 Å². The summed E-state index contributed by atoms with van der Waals surface area (Å²) in [5, 5.41) is 8.24. The summed E-state index contributed by atoms with van der Waals surface area (Å²) in [7, 11) is 0. The second-order valence-electron chi connectivity index (χ2n) is 3.18. The highest BCUT2D eigenvalue weighted by molar-refractivity contribution is 5.89. The molecule has 1 aromatic carbocycles. The van der Waals surface area contributed by atoms with Gasteiger partial charge in [-0.05, 0) is 25.0 Å². The zero-order valence-corrected chi connectivity index (χ0v) is 8.93. The predicted octanol–water partition coefficient (Wildman–Crippen LogP) is 2.70. The molecule has 3 nitrogen and oxygen atoms in total. The van der Waals surface area contributed by atoms with Crippen LogP contribution in [-0.4, -0.2) is 12.6 Å². The molecule has 1 aromatic rings.